The van der Waals surface area contributed by atoms with Crippen LogP contribution in [0.1, 0.15) is 61.7 Å². The summed E-state index contributed by atoms with van der Waals surface area (Å²) in [6.07, 6.45) is 9.12. The van der Waals surface area contributed by atoms with Gasteiger partial charge in [-0.15, -0.1) is 0 Å². The van der Waals surface area contributed by atoms with Gasteiger partial charge in [-0.3, -0.25) is 9.20 Å². The van der Waals surface area contributed by atoms with Crippen LogP contribution in [0, 0.1) is 5.92 Å². The second-order valence-electron chi connectivity index (χ2n) is 9.01. The van der Waals surface area contributed by atoms with Crippen molar-refractivity contribution in [2.24, 2.45) is 5.92 Å². The fourth-order valence-corrected chi connectivity index (χ4v) is 5.20. The lowest BCUT2D eigenvalue weighted by molar-refractivity contribution is -0.142. The number of nitrogens with one attached hydrogen (secondary N) is 1. The summed E-state index contributed by atoms with van der Waals surface area (Å²) >= 11 is 0. The van der Waals surface area contributed by atoms with Crippen molar-refractivity contribution in [1.82, 2.24) is 19.4 Å². The predicted molar refractivity (Wildman–Crippen MR) is 119 cm³/mol. The van der Waals surface area contributed by atoms with Gasteiger partial charge in [-0.1, -0.05) is 18.2 Å². The van der Waals surface area contributed by atoms with Gasteiger partial charge in [0.1, 0.15) is 22.9 Å². The SMILES string of the molecule is Nc1nccn2c(C3CCC(C(=O)O)CC3)nc(-c3cc4cccc(C5CC5)c4[nH]3)c12. The minimum absolute atomic E-state index is 0.213. The number of aromatic amines is 1. The Labute approximate surface area is 179 Å². The molecule has 31 heavy (non-hydrogen) atoms. The van der Waals surface area contributed by atoms with Crippen LogP contribution in [0.5, 0.6) is 0 Å². The molecule has 3 aromatic heterocycles. The minimum atomic E-state index is -0.690. The van der Waals surface area contributed by atoms with E-state index < -0.39 is 5.97 Å². The Morgan fingerprint density at radius 1 is 1.13 bits per heavy atom. The van der Waals surface area contributed by atoms with Crippen LogP contribution in [0.15, 0.2) is 36.7 Å². The summed E-state index contributed by atoms with van der Waals surface area (Å²) in [7, 11) is 0. The first-order valence-corrected chi connectivity index (χ1v) is 11.1. The summed E-state index contributed by atoms with van der Waals surface area (Å²) in [6.45, 7) is 0. The van der Waals surface area contributed by atoms with Gasteiger partial charge < -0.3 is 15.8 Å². The molecular formula is C24H25N5O2. The summed E-state index contributed by atoms with van der Waals surface area (Å²) in [5.41, 5.74) is 11.5. The van der Waals surface area contributed by atoms with Crippen LogP contribution in [0.25, 0.3) is 27.8 Å². The van der Waals surface area contributed by atoms with Crippen molar-refractivity contribution < 1.29 is 9.90 Å². The van der Waals surface area contributed by atoms with E-state index in [1.165, 1.54) is 29.3 Å². The number of nitrogens with zero attached hydrogens (tertiary/aromatic N) is 3. The molecule has 7 heteroatoms. The Morgan fingerprint density at radius 3 is 2.65 bits per heavy atom. The number of H-pyrrole nitrogens is 1. The summed E-state index contributed by atoms with van der Waals surface area (Å²) in [5.74, 6) is 1.33. The van der Waals surface area contributed by atoms with Crippen molar-refractivity contribution in [2.45, 2.75) is 50.4 Å². The molecule has 0 saturated heterocycles. The molecule has 4 N–H and O–H groups in total. The highest BCUT2D eigenvalue weighted by Crippen LogP contribution is 2.44. The Kier molecular flexibility index (Phi) is 4.06. The van der Waals surface area contributed by atoms with Gasteiger partial charge >= 0.3 is 5.97 Å². The Balaban J connectivity index is 1.46. The van der Waals surface area contributed by atoms with Gasteiger partial charge in [0, 0.05) is 29.2 Å². The number of nitrogens with two attached hydrogens (primary N) is 1. The maximum absolute atomic E-state index is 11.4. The number of aliphatic carboxylic acids is 1. The maximum atomic E-state index is 11.4. The van der Waals surface area contributed by atoms with Crippen LogP contribution in [-0.4, -0.2) is 30.4 Å². The first kappa shape index (κ1) is 18.4. The van der Waals surface area contributed by atoms with Gasteiger partial charge in [0.15, 0.2) is 0 Å². The van der Waals surface area contributed by atoms with Crippen LogP contribution in [0.4, 0.5) is 5.82 Å². The Morgan fingerprint density at radius 2 is 1.90 bits per heavy atom. The molecule has 0 spiro atoms. The molecule has 0 amide bonds. The van der Waals surface area contributed by atoms with Gasteiger partial charge in [0.25, 0.3) is 0 Å². The molecular weight excluding hydrogens is 390 g/mol. The lowest BCUT2D eigenvalue weighted by Crippen LogP contribution is -2.21. The average molecular weight is 415 g/mol. The van der Waals surface area contributed by atoms with Gasteiger partial charge in [0.05, 0.1) is 11.6 Å². The molecule has 2 aliphatic carbocycles. The third-order valence-corrected chi connectivity index (χ3v) is 7.01. The van der Waals surface area contributed by atoms with Gasteiger partial charge in [-0.2, -0.15) is 0 Å². The van der Waals surface area contributed by atoms with Crippen LogP contribution in [0.3, 0.4) is 0 Å². The molecule has 0 bridgehead atoms. The zero-order valence-electron chi connectivity index (χ0n) is 17.2. The smallest absolute Gasteiger partial charge is 0.306 e. The number of anilines is 1. The molecule has 2 fully saturated rings. The van der Waals surface area contributed by atoms with E-state index in [9.17, 15) is 9.90 Å². The highest BCUT2D eigenvalue weighted by Gasteiger charge is 2.31. The van der Waals surface area contributed by atoms with E-state index in [1.54, 1.807) is 6.20 Å². The van der Waals surface area contributed by atoms with E-state index in [-0.39, 0.29) is 11.8 Å². The third kappa shape index (κ3) is 2.99. The van der Waals surface area contributed by atoms with Crippen molar-refractivity contribution in [3.63, 3.8) is 0 Å². The van der Waals surface area contributed by atoms with E-state index in [0.29, 0.717) is 24.6 Å². The van der Waals surface area contributed by atoms with Gasteiger partial charge in [-0.25, -0.2) is 9.97 Å². The van der Waals surface area contributed by atoms with Gasteiger partial charge in [-0.05, 0) is 56.1 Å². The number of carboxylic acid groups (broad SMARTS) is 1. The van der Waals surface area contributed by atoms with Gasteiger partial charge in [0.2, 0.25) is 0 Å². The number of para-hydroxylation sites is 1. The zero-order valence-corrected chi connectivity index (χ0v) is 17.2. The number of imidazole rings is 1. The quantitative estimate of drug-likeness (QED) is 0.448. The number of nitrogen functional groups attached to an aromatic ring is 1. The van der Waals surface area contributed by atoms with Crippen LogP contribution < -0.4 is 5.73 Å². The molecule has 2 aliphatic rings. The lowest BCUT2D eigenvalue weighted by atomic mass is 9.81. The topological polar surface area (TPSA) is 109 Å². The zero-order chi connectivity index (χ0) is 21.1. The van der Waals surface area contributed by atoms with Crippen molar-refractivity contribution >= 4 is 28.2 Å². The molecule has 0 unspecified atom stereocenters. The van der Waals surface area contributed by atoms with E-state index in [4.69, 9.17) is 10.7 Å². The third-order valence-electron chi connectivity index (χ3n) is 7.01. The molecule has 3 heterocycles. The number of aromatic nitrogens is 4. The fraction of sp³-hybridized carbons (Fsp3) is 0.375. The number of fused-ring (bicyclic) bond motifs is 2. The molecule has 0 radical (unpaired) electrons. The van der Waals surface area contributed by atoms with Crippen LogP contribution >= 0.6 is 0 Å². The number of hydrogen-bond acceptors (Lipinski definition) is 4. The largest absolute Gasteiger partial charge is 0.481 e. The first-order valence-electron chi connectivity index (χ1n) is 11.1. The highest BCUT2D eigenvalue weighted by molar-refractivity contribution is 5.93. The Bertz CT molecular complexity index is 1310. The molecule has 158 valence electrons. The van der Waals surface area contributed by atoms with E-state index in [2.05, 4.69) is 38.6 Å². The maximum Gasteiger partial charge on any atom is 0.306 e. The van der Waals surface area contributed by atoms with Crippen molar-refractivity contribution in [3.05, 3.63) is 48.0 Å². The Hall–Kier alpha value is -3.35. The predicted octanol–water partition coefficient (Wildman–Crippen LogP) is 4.70. The van der Waals surface area contributed by atoms with E-state index in [0.717, 1.165) is 35.6 Å². The molecule has 7 nitrogen and oxygen atoms in total. The first-order chi connectivity index (χ1) is 15.1. The minimum Gasteiger partial charge on any atom is -0.481 e. The highest BCUT2D eigenvalue weighted by atomic mass is 16.4. The monoisotopic (exact) mass is 415 g/mol. The fourth-order valence-electron chi connectivity index (χ4n) is 5.20. The number of rotatable bonds is 4. The molecule has 2 saturated carbocycles. The number of benzene rings is 1. The second kappa shape index (κ2) is 6.83. The van der Waals surface area contributed by atoms with Crippen LogP contribution in [0.2, 0.25) is 0 Å². The molecule has 6 rings (SSSR count). The number of carbonyl (C=O) groups is 1. The molecule has 4 aromatic rings. The molecule has 1 aromatic carbocycles. The second-order valence-corrected chi connectivity index (χ2v) is 9.01. The standard InChI is InChI=1S/C24H25N5O2/c25-22-21-20(18-12-16-2-1-3-17(13-4-5-13)19(16)27-18)28-23(29(21)11-10-26-22)14-6-8-15(9-7-14)24(30)31/h1-3,10-15,27H,4-9H2,(H2,25,26)(H,30,31). The molecule has 0 atom stereocenters. The van der Waals surface area contributed by atoms with Crippen molar-refractivity contribution in [2.75, 3.05) is 5.73 Å². The van der Waals surface area contributed by atoms with Crippen molar-refractivity contribution in [3.8, 4) is 11.4 Å². The number of carboxylic acids is 1. The number of hydrogen-bond donors (Lipinski definition) is 3. The van der Waals surface area contributed by atoms with Crippen LogP contribution in [-0.2, 0) is 4.79 Å². The van der Waals surface area contributed by atoms with E-state index in [1.807, 2.05) is 6.20 Å². The normalized spacial score (nSPS) is 21.7. The van der Waals surface area contributed by atoms with Crippen molar-refractivity contribution in [1.29, 1.82) is 0 Å². The lowest BCUT2D eigenvalue weighted by Gasteiger charge is -2.25. The summed E-state index contributed by atoms with van der Waals surface area (Å²) < 4.78 is 2.05. The van der Waals surface area contributed by atoms with E-state index >= 15 is 0 Å². The average Bonchev–Trinajstić information content (AvgIpc) is 3.40. The summed E-state index contributed by atoms with van der Waals surface area (Å²) in [5, 5.41) is 10.5. The summed E-state index contributed by atoms with van der Waals surface area (Å²) in [6, 6.07) is 8.63. The molecule has 0 aliphatic heterocycles. The summed E-state index contributed by atoms with van der Waals surface area (Å²) in [4.78, 5) is 24.4.